The topological polar surface area (TPSA) is 117 Å². The Morgan fingerprint density at radius 2 is 1.49 bits per heavy atom. The Bertz CT molecular complexity index is 1300. The average molecular weight is 496 g/mol. The zero-order valence-corrected chi connectivity index (χ0v) is 19.9. The molecule has 1 atom stereocenters. The molecule has 1 aliphatic heterocycles. The van der Waals surface area contributed by atoms with E-state index in [2.05, 4.69) is 5.32 Å². The summed E-state index contributed by atoms with van der Waals surface area (Å²) >= 11 is 0. The summed E-state index contributed by atoms with van der Waals surface area (Å²) in [5, 5.41) is 0.489. The molecule has 35 heavy (non-hydrogen) atoms. The Balaban J connectivity index is 1.54. The maximum Gasteiger partial charge on any atom is 0.288 e. The van der Waals surface area contributed by atoms with Gasteiger partial charge in [-0.05, 0) is 43.3 Å². The van der Waals surface area contributed by atoms with Crippen molar-refractivity contribution in [1.29, 1.82) is 0 Å². The third-order valence-corrected chi connectivity index (χ3v) is 7.66. The van der Waals surface area contributed by atoms with Crippen molar-refractivity contribution in [2.75, 3.05) is 26.2 Å². The fourth-order valence-electron chi connectivity index (χ4n) is 3.79. The maximum atomic E-state index is 13.4. The molecule has 10 heteroatoms. The van der Waals surface area contributed by atoms with Gasteiger partial charge >= 0.3 is 0 Å². The van der Waals surface area contributed by atoms with Gasteiger partial charge in [-0.25, -0.2) is 8.42 Å². The number of nitrogens with zero attached hydrogens (tertiary/aromatic N) is 2. The summed E-state index contributed by atoms with van der Waals surface area (Å²) in [5.74, 6) is -1.85. The van der Waals surface area contributed by atoms with Crippen molar-refractivity contribution >= 4 is 27.6 Å². The van der Waals surface area contributed by atoms with E-state index in [-0.39, 0.29) is 42.7 Å². The number of furan rings is 1. The van der Waals surface area contributed by atoms with Crippen LogP contribution in [0.3, 0.4) is 0 Å². The van der Waals surface area contributed by atoms with Crippen molar-refractivity contribution in [2.45, 2.75) is 17.2 Å². The Morgan fingerprint density at radius 1 is 0.857 bits per heavy atom. The summed E-state index contributed by atoms with van der Waals surface area (Å²) in [6, 6.07) is 17.7. The van der Waals surface area contributed by atoms with E-state index in [0.29, 0.717) is 5.56 Å². The van der Waals surface area contributed by atoms with Crippen LogP contribution in [0.25, 0.3) is 0 Å². The number of hydrogen-bond donors (Lipinski definition) is 1. The number of sulfone groups is 1. The van der Waals surface area contributed by atoms with E-state index in [1.54, 1.807) is 41.3 Å². The molecule has 0 saturated carbocycles. The van der Waals surface area contributed by atoms with Gasteiger partial charge in [0.05, 0.1) is 11.2 Å². The van der Waals surface area contributed by atoms with Gasteiger partial charge in [-0.3, -0.25) is 14.4 Å². The van der Waals surface area contributed by atoms with Gasteiger partial charge in [0.15, 0.2) is 5.76 Å². The van der Waals surface area contributed by atoms with Gasteiger partial charge in [0.2, 0.25) is 15.2 Å². The first kappa shape index (κ1) is 24.2. The number of piperazine rings is 1. The number of amides is 3. The fraction of sp³-hybridized carbons (Fsp3) is 0.240. The molecule has 2 heterocycles. The smallest absolute Gasteiger partial charge is 0.288 e. The summed E-state index contributed by atoms with van der Waals surface area (Å²) in [6.07, 6.45) is 1.28. The van der Waals surface area contributed by atoms with Crippen LogP contribution in [0.15, 0.2) is 82.3 Å². The van der Waals surface area contributed by atoms with Crippen LogP contribution < -0.4 is 5.32 Å². The molecule has 182 valence electrons. The molecular formula is C25H25N3O6S. The monoisotopic (exact) mass is 495 g/mol. The van der Waals surface area contributed by atoms with Crippen LogP contribution in [0.2, 0.25) is 0 Å². The number of benzene rings is 2. The van der Waals surface area contributed by atoms with Gasteiger partial charge in [0.1, 0.15) is 0 Å². The highest BCUT2D eigenvalue weighted by Gasteiger charge is 2.40. The molecule has 1 aliphatic rings. The molecule has 0 aliphatic carbocycles. The highest BCUT2D eigenvalue weighted by atomic mass is 32.2. The van der Waals surface area contributed by atoms with E-state index in [4.69, 9.17) is 4.42 Å². The molecule has 4 rings (SSSR count). The van der Waals surface area contributed by atoms with E-state index in [1.165, 1.54) is 35.4 Å². The minimum Gasteiger partial charge on any atom is -0.459 e. The lowest BCUT2D eigenvalue weighted by Gasteiger charge is -2.36. The second kappa shape index (κ2) is 10.1. The number of rotatable bonds is 6. The second-order valence-electron chi connectivity index (χ2n) is 8.17. The second-order valence-corrected chi connectivity index (χ2v) is 10.2. The lowest BCUT2D eigenvalue weighted by Crippen LogP contribution is -2.57. The SMILES string of the molecule is Cc1ccc(S(=O)(=O)C(NC(=O)c2ccco2)C(=O)N2CCN(C(=O)c3ccccc3)CC2)cc1. The Morgan fingerprint density at radius 3 is 2.09 bits per heavy atom. The van der Waals surface area contributed by atoms with Gasteiger partial charge in [-0.15, -0.1) is 0 Å². The zero-order valence-electron chi connectivity index (χ0n) is 19.1. The van der Waals surface area contributed by atoms with Crippen LogP contribution >= 0.6 is 0 Å². The molecule has 2 aromatic carbocycles. The van der Waals surface area contributed by atoms with E-state index in [9.17, 15) is 22.8 Å². The summed E-state index contributed by atoms with van der Waals surface area (Å²) in [7, 11) is -4.27. The van der Waals surface area contributed by atoms with Gasteiger partial charge in [-0.2, -0.15) is 0 Å². The Hall–Kier alpha value is -3.92. The van der Waals surface area contributed by atoms with Crippen molar-refractivity contribution in [2.24, 2.45) is 0 Å². The van der Waals surface area contributed by atoms with Crippen LogP contribution in [-0.2, 0) is 14.6 Å². The molecular weight excluding hydrogens is 470 g/mol. The fourth-order valence-corrected chi connectivity index (χ4v) is 5.26. The Kier molecular flexibility index (Phi) is 7.02. The highest BCUT2D eigenvalue weighted by Crippen LogP contribution is 2.19. The van der Waals surface area contributed by atoms with Crippen molar-refractivity contribution in [3.05, 3.63) is 89.9 Å². The quantitative estimate of drug-likeness (QED) is 0.560. The van der Waals surface area contributed by atoms with Crippen molar-refractivity contribution in [3.63, 3.8) is 0 Å². The number of carbonyl (C=O) groups is 3. The molecule has 1 aromatic heterocycles. The molecule has 1 N–H and O–H groups in total. The summed E-state index contributed by atoms with van der Waals surface area (Å²) in [6.45, 7) is 2.56. The van der Waals surface area contributed by atoms with Crippen LogP contribution in [0, 0.1) is 6.92 Å². The predicted molar refractivity (Wildman–Crippen MR) is 127 cm³/mol. The normalized spacial score (nSPS) is 14.9. The van der Waals surface area contributed by atoms with Gasteiger partial charge in [0, 0.05) is 31.7 Å². The number of nitrogens with one attached hydrogen (secondary N) is 1. The molecule has 3 amide bonds. The minimum atomic E-state index is -4.27. The van der Waals surface area contributed by atoms with Crippen LogP contribution in [0.4, 0.5) is 0 Å². The van der Waals surface area contributed by atoms with Gasteiger partial charge < -0.3 is 19.5 Å². The summed E-state index contributed by atoms with van der Waals surface area (Å²) in [5.41, 5.74) is 1.39. The largest absolute Gasteiger partial charge is 0.459 e. The number of aryl methyl sites for hydroxylation is 1. The van der Waals surface area contributed by atoms with Crippen LogP contribution in [0.5, 0.6) is 0 Å². The predicted octanol–water partition coefficient (Wildman–Crippen LogP) is 2.10. The first-order valence-corrected chi connectivity index (χ1v) is 12.6. The zero-order chi connectivity index (χ0) is 25.0. The molecule has 1 fully saturated rings. The molecule has 3 aromatic rings. The lowest BCUT2D eigenvalue weighted by atomic mass is 10.2. The van der Waals surface area contributed by atoms with Crippen LogP contribution in [-0.4, -0.2) is 67.5 Å². The first-order chi connectivity index (χ1) is 16.8. The van der Waals surface area contributed by atoms with E-state index < -0.39 is 27.0 Å². The standard InChI is InChI=1S/C25H25N3O6S/c1-18-9-11-20(12-10-18)35(32,33)23(26-22(29)21-8-5-17-34-21)25(31)28-15-13-27(14-16-28)24(30)19-6-3-2-4-7-19/h2-12,17,23H,13-16H2,1H3,(H,26,29). The van der Waals surface area contributed by atoms with Gasteiger partial charge in [0.25, 0.3) is 17.7 Å². The Labute approximate surface area is 203 Å². The van der Waals surface area contributed by atoms with E-state index in [1.807, 2.05) is 13.0 Å². The number of carbonyl (C=O) groups excluding carboxylic acids is 3. The molecule has 0 spiro atoms. The maximum absolute atomic E-state index is 13.4. The summed E-state index contributed by atoms with van der Waals surface area (Å²) < 4.78 is 31.9. The molecule has 1 saturated heterocycles. The average Bonchev–Trinajstić information content (AvgIpc) is 3.42. The third kappa shape index (κ3) is 5.27. The lowest BCUT2D eigenvalue weighted by molar-refractivity contribution is -0.132. The first-order valence-electron chi connectivity index (χ1n) is 11.1. The minimum absolute atomic E-state index is 0.0842. The third-order valence-electron chi connectivity index (χ3n) is 5.79. The van der Waals surface area contributed by atoms with E-state index >= 15 is 0 Å². The van der Waals surface area contributed by atoms with E-state index in [0.717, 1.165) is 5.56 Å². The molecule has 0 radical (unpaired) electrons. The molecule has 1 unspecified atom stereocenters. The molecule has 0 bridgehead atoms. The highest BCUT2D eigenvalue weighted by molar-refractivity contribution is 7.92. The van der Waals surface area contributed by atoms with Gasteiger partial charge in [-0.1, -0.05) is 35.9 Å². The summed E-state index contributed by atoms with van der Waals surface area (Å²) in [4.78, 5) is 41.7. The number of hydrogen-bond acceptors (Lipinski definition) is 6. The van der Waals surface area contributed by atoms with Crippen molar-refractivity contribution < 1.29 is 27.2 Å². The van der Waals surface area contributed by atoms with Crippen molar-refractivity contribution in [3.8, 4) is 0 Å². The van der Waals surface area contributed by atoms with Crippen molar-refractivity contribution in [1.82, 2.24) is 15.1 Å². The molecule has 9 nitrogen and oxygen atoms in total. The van der Waals surface area contributed by atoms with Crippen LogP contribution in [0.1, 0.15) is 26.5 Å².